The number of ether oxygens (including phenoxy) is 1. The van der Waals surface area contributed by atoms with Crippen LogP contribution in [0.5, 0.6) is 0 Å². The maximum Gasteiger partial charge on any atom is 0.227 e. The Bertz CT molecular complexity index is 414. The molecule has 2 N–H and O–H groups in total. The van der Waals surface area contributed by atoms with Crippen LogP contribution in [0, 0.1) is 0 Å². The highest BCUT2D eigenvalue weighted by Gasteiger charge is 2.17. The minimum Gasteiger partial charge on any atom is -0.375 e. The lowest BCUT2D eigenvalue weighted by Crippen LogP contribution is -2.40. The van der Waals surface area contributed by atoms with Gasteiger partial charge in [0.05, 0.1) is 19.1 Å². The Labute approximate surface area is 114 Å². The summed E-state index contributed by atoms with van der Waals surface area (Å²) in [5.41, 5.74) is 2.12. The van der Waals surface area contributed by atoms with Crippen LogP contribution in [-0.2, 0) is 16.0 Å². The van der Waals surface area contributed by atoms with Crippen LogP contribution in [0.2, 0.25) is 0 Å². The number of hydrogen-bond donors (Lipinski definition) is 2. The molecular formula is C15H22N2O2. The SMILES string of the molecule is CCCc1ccccc1NC(=O)CC1CNCCO1. The van der Waals surface area contributed by atoms with Crippen LogP contribution in [0.15, 0.2) is 24.3 Å². The normalized spacial score (nSPS) is 19.1. The van der Waals surface area contributed by atoms with Gasteiger partial charge >= 0.3 is 0 Å². The summed E-state index contributed by atoms with van der Waals surface area (Å²) in [6.45, 7) is 4.45. The molecule has 4 heteroatoms. The number of anilines is 1. The van der Waals surface area contributed by atoms with Crippen LogP contribution < -0.4 is 10.6 Å². The average molecular weight is 262 g/mol. The van der Waals surface area contributed by atoms with E-state index in [0.29, 0.717) is 13.0 Å². The van der Waals surface area contributed by atoms with Crippen molar-refractivity contribution in [2.75, 3.05) is 25.0 Å². The molecule has 2 rings (SSSR count). The van der Waals surface area contributed by atoms with Crippen molar-refractivity contribution in [1.82, 2.24) is 5.32 Å². The topological polar surface area (TPSA) is 50.4 Å². The van der Waals surface area contributed by atoms with Gasteiger partial charge in [-0.1, -0.05) is 31.5 Å². The first-order valence-corrected chi connectivity index (χ1v) is 6.99. The van der Waals surface area contributed by atoms with Gasteiger partial charge in [-0.05, 0) is 18.1 Å². The number of aryl methyl sites for hydroxylation is 1. The summed E-state index contributed by atoms with van der Waals surface area (Å²) >= 11 is 0. The highest BCUT2D eigenvalue weighted by atomic mass is 16.5. The van der Waals surface area contributed by atoms with E-state index in [1.54, 1.807) is 0 Å². The minimum absolute atomic E-state index is 0.00733. The van der Waals surface area contributed by atoms with E-state index in [2.05, 4.69) is 23.6 Å². The number of hydrogen-bond acceptors (Lipinski definition) is 3. The van der Waals surface area contributed by atoms with Crippen molar-refractivity contribution in [2.45, 2.75) is 32.3 Å². The number of amides is 1. The van der Waals surface area contributed by atoms with Crippen LogP contribution in [0.25, 0.3) is 0 Å². The van der Waals surface area contributed by atoms with E-state index < -0.39 is 0 Å². The van der Waals surface area contributed by atoms with Crippen LogP contribution in [0.1, 0.15) is 25.3 Å². The maximum atomic E-state index is 12.0. The van der Waals surface area contributed by atoms with Crippen LogP contribution in [0.3, 0.4) is 0 Å². The molecule has 1 fully saturated rings. The molecule has 0 spiro atoms. The molecule has 1 atom stereocenters. The summed E-state index contributed by atoms with van der Waals surface area (Å²) in [6, 6.07) is 7.99. The summed E-state index contributed by atoms with van der Waals surface area (Å²) < 4.78 is 5.54. The molecule has 19 heavy (non-hydrogen) atoms. The number of carbonyl (C=O) groups excluding carboxylic acids is 1. The molecule has 1 unspecified atom stereocenters. The summed E-state index contributed by atoms with van der Waals surface area (Å²) in [7, 11) is 0. The third-order valence-electron chi connectivity index (χ3n) is 3.23. The zero-order valence-corrected chi connectivity index (χ0v) is 11.4. The van der Waals surface area contributed by atoms with Crippen molar-refractivity contribution in [3.8, 4) is 0 Å². The number of carbonyl (C=O) groups is 1. The Kier molecular flexibility index (Phi) is 5.36. The van der Waals surface area contributed by atoms with Gasteiger partial charge in [0.2, 0.25) is 5.91 Å². The second-order valence-electron chi connectivity index (χ2n) is 4.86. The van der Waals surface area contributed by atoms with E-state index >= 15 is 0 Å². The molecule has 1 aromatic rings. The van der Waals surface area contributed by atoms with Gasteiger partial charge < -0.3 is 15.4 Å². The fraction of sp³-hybridized carbons (Fsp3) is 0.533. The number of rotatable bonds is 5. The molecular weight excluding hydrogens is 240 g/mol. The van der Waals surface area contributed by atoms with Gasteiger partial charge in [-0.3, -0.25) is 4.79 Å². The number of benzene rings is 1. The van der Waals surface area contributed by atoms with Gasteiger partial charge in [0.15, 0.2) is 0 Å². The predicted molar refractivity (Wildman–Crippen MR) is 76.3 cm³/mol. The molecule has 0 aromatic heterocycles. The first-order chi connectivity index (χ1) is 9.29. The van der Waals surface area contributed by atoms with Crippen LogP contribution in [-0.4, -0.2) is 31.7 Å². The van der Waals surface area contributed by atoms with E-state index in [9.17, 15) is 4.79 Å². The molecule has 0 radical (unpaired) electrons. The molecule has 1 heterocycles. The van der Waals surface area contributed by atoms with E-state index in [4.69, 9.17) is 4.74 Å². The lowest BCUT2D eigenvalue weighted by atomic mass is 10.1. The first-order valence-electron chi connectivity index (χ1n) is 6.99. The lowest BCUT2D eigenvalue weighted by Gasteiger charge is -2.23. The third-order valence-corrected chi connectivity index (χ3v) is 3.23. The summed E-state index contributed by atoms with van der Waals surface area (Å²) in [5.74, 6) is 0.0252. The van der Waals surface area contributed by atoms with Gasteiger partial charge in [0.25, 0.3) is 0 Å². The first kappa shape index (κ1) is 14.0. The van der Waals surface area contributed by atoms with E-state index in [-0.39, 0.29) is 12.0 Å². The second-order valence-corrected chi connectivity index (χ2v) is 4.86. The smallest absolute Gasteiger partial charge is 0.227 e. The quantitative estimate of drug-likeness (QED) is 0.853. The molecule has 0 saturated carbocycles. The Balaban J connectivity index is 1.90. The van der Waals surface area contributed by atoms with Crippen molar-refractivity contribution in [3.63, 3.8) is 0 Å². The molecule has 1 amide bonds. The zero-order valence-electron chi connectivity index (χ0n) is 11.4. The highest BCUT2D eigenvalue weighted by Crippen LogP contribution is 2.17. The molecule has 1 aliphatic heterocycles. The minimum atomic E-state index is -0.00733. The van der Waals surface area contributed by atoms with Crippen molar-refractivity contribution >= 4 is 11.6 Å². The predicted octanol–water partition coefficient (Wildman–Crippen LogP) is 1.96. The largest absolute Gasteiger partial charge is 0.375 e. The summed E-state index contributed by atoms with van der Waals surface area (Å²) in [4.78, 5) is 12.0. The Morgan fingerprint density at radius 2 is 2.32 bits per heavy atom. The zero-order chi connectivity index (χ0) is 13.5. The molecule has 0 bridgehead atoms. The Morgan fingerprint density at radius 3 is 3.05 bits per heavy atom. The average Bonchev–Trinajstić information content (AvgIpc) is 2.42. The molecule has 0 aliphatic carbocycles. The monoisotopic (exact) mass is 262 g/mol. The van der Waals surface area contributed by atoms with Crippen molar-refractivity contribution in [1.29, 1.82) is 0 Å². The van der Waals surface area contributed by atoms with Gasteiger partial charge in [0.1, 0.15) is 0 Å². The second kappa shape index (κ2) is 7.26. The fourth-order valence-electron chi connectivity index (χ4n) is 2.29. The van der Waals surface area contributed by atoms with Gasteiger partial charge in [-0.15, -0.1) is 0 Å². The Morgan fingerprint density at radius 1 is 1.47 bits per heavy atom. The summed E-state index contributed by atoms with van der Waals surface area (Å²) in [5, 5.41) is 6.23. The standard InChI is InChI=1S/C15H22N2O2/c1-2-5-12-6-3-4-7-14(12)17-15(18)10-13-11-16-8-9-19-13/h3-4,6-7,13,16H,2,5,8-11H2,1H3,(H,17,18). The molecule has 104 valence electrons. The number of para-hydroxylation sites is 1. The maximum absolute atomic E-state index is 12.0. The van der Waals surface area contributed by atoms with E-state index in [0.717, 1.165) is 31.6 Å². The van der Waals surface area contributed by atoms with Crippen LogP contribution >= 0.6 is 0 Å². The number of morpholine rings is 1. The van der Waals surface area contributed by atoms with Crippen LogP contribution in [0.4, 0.5) is 5.69 Å². The molecule has 4 nitrogen and oxygen atoms in total. The number of nitrogens with one attached hydrogen (secondary N) is 2. The molecule has 1 aromatic carbocycles. The van der Waals surface area contributed by atoms with Gasteiger partial charge in [-0.25, -0.2) is 0 Å². The van der Waals surface area contributed by atoms with Gasteiger partial charge in [-0.2, -0.15) is 0 Å². The third kappa shape index (κ3) is 4.33. The van der Waals surface area contributed by atoms with E-state index in [1.165, 1.54) is 5.56 Å². The van der Waals surface area contributed by atoms with Crippen molar-refractivity contribution in [3.05, 3.63) is 29.8 Å². The van der Waals surface area contributed by atoms with Crippen molar-refractivity contribution in [2.24, 2.45) is 0 Å². The van der Waals surface area contributed by atoms with Gasteiger partial charge in [0, 0.05) is 18.8 Å². The van der Waals surface area contributed by atoms with E-state index in [1.807, 2.05) is 18.2 Å². The molecule has 1 saturated heterocycles. The summed E-state index contributed by atoms with van der Waals surface area (Å²) in [6.07, 6.45) is 2.46. The highest BCUT2D eigenvalue weighted by molar-refractivity contribution is 5.91. The van der Waals surface area contributed by atoms with Crippen molar-refractivity contribution < 1.29 is 9.53 Å². The lowest BCUT2D eigenvalue weighted by molar-refractivity contribution is -0.119. The Hall–Kier alpha value is -1.39. The fourth-order valence-corrected chi connectivity index (χ4v) is 2.29. The molecule has 1 aliphatic rings.